The lowest BCUT2D eigenvalue weighted by molar-refractivity contribution is -0.146. The third-order valence-electron chi connectivity index (χ3n) is 5.58. The van der Waals surface area contributed by atoms with Crippen LogP contribution in [0.15, 0.2) is 54.6 Å². The average molecular weight is 453 g/mol. The molecule has 2 aromatic carbocycles. The highest BCUT2D eigenvalue weighted by Crippen LogP contribution is 2.25. The van der Waals surface area contributed by atoms with Crippen LogP contribution in [0.25, 0.3) is 0 Å². The van der Waals surface area contributed by atoms with E-state index in [1.165, 1.54) is 18.9 Å². The topological polar surface area (TPSA) is 102 Å². The molecule has 0 saturated carbocycles. The highest BCUT2D eigenvalue weighted by atomic mass is 16.6. The average Bonchev–Trinajstić information content (AvgIpc) is 2.84. The Morgan fingerprint density at radius 1 is 1.03 bits per heavy atom. The molecule has 0 fully saturated rings. The minimum Gasteiger partial charge on any atom is -0.467 e. The van der Waals surface area contributed by atoms with Crippen molar-refractivity contribution in [2.75, 3.05) is 7.11 Å². The maximum atomic E-state index is 13.2. The van der Waals surface area contributed by atoms with Gasteiger partial charge in [0.15, 0.2) is 0 Å². The third kappa shape index (κ3) is 6.41. The predicted octanol–water partition coefficient (Wildman–Crippen LogP) is 2.78. The van der Waals surface area contributed by atoms with Gasteiger partial charge < -0.3 is 19.6 Å². The van der Waals surface area contributed by atoms with E-state index in [0.29, 0.717) is 0 Å². The molecule has 0 aromatic heterocycles. The molecule has 0 aliphatic carbocycles. The summed E-state index contributed by atoms with van der Waals surface area (Å²) in [4.78, 5) is 51.1. The molecule has 2 amide bonds. The highest BCUT2D eigenvalue weighted by molar-refractivity contribution is 5.90. The van der Waals surface area contributed by atoms with Crippen LogP contribution in [0.5, 0.6) is 0 Å². The lowest BCUT2D eigenvalue weighted by Crippen LogP contribution is -2.55. The number of amides is 2. The fraction of sp³-hybridized carbons (Fsp3) is 0.360. The molecule has 8 nitrogen and oxygen atoms in total. The quantitative estimate of drug-likeness (QED) is 0.618. The van der Waals surface area contributed by atoms with Crippen molar-refractivity contribution >= 4 is 23.8 Å². The van der Waals surface area contributed by atoms with Crippen molar-refractivity contribution in [3.63, 3.8) is 0 Å². The summed E-state index contributed by atoms with van der Waals surface area (Å²) in [5, 5.41) is 2.67. The van der Waals surface area contributed by atoms with Gasteiger partial charge in [0, 0.05) is 12.8 Å². The molecule has 0 unspecified atom stereocenters. The summed E-state index contributed by atoms with van der Waals surface area (Å²) in [7, 11) is 1.22. The third-order valence-corrected chi connectivity index (χ3v) is 5.58. The van der Waals surface area contributed by atoms with Gasteiger partial charge in [0.05, 0.1) is 13.7 Å². The number of carbonyl (C=O) groups excluding carboxylic acids is 4. The van der Waals surface area contributed by atoms with Crippen LogP contribution < -0.4 is 5.32 Å². The highest BCUT2D eigenvalue weighted by Gasteiger charge is 2.37. The number of methoxy groups -OCH3 is 1. The van der Waals surface area contributed by atoms with Crippen molar-refractivity contribution in [3.8, 4) is 0 Å². The van der Waals surface area contributed by atoms with E-state index in [0.717, 1.165) is 16.7 Å². The van der Waals surface area contributed by atoms with E-state index in [-0.39, 0.29) is 38.2 Å². The number of fused-ring (bicyclic) bond motifs is 1. The smallest absolute Gasteiger partial charge is 0.411 e. The van der Waals surface area contributed by atoms with Crippen molar-refractivity contribution in [2.24, 2.45) is 0 Å². The molecule has 1 heterocycles. The Labute approximate surface area is 192 Å². The van der Waals surface area contributed by atoms with E-state index in [2.05, 4.69) is 5.32 Å². The Morgan fingerprint density at radius 2 is 1.70 bits per heavy atom. The molecule has 1 aliphatic heterocycles. The van der Waals surface area contributed by atoms with Crippen LogP contribution in [0.3, 0.4) is 0 Å². The second kappa shape index (κ2) is 11.3. The molecule has 2 atom stereocenters. The van der Waals surface area contributed by atoms with E-state index in [1.54, 1.807) is 0 Å². The number of nitrogens with one attached hydrogen (secondary N) is 1. The fourth-order valence-corrected chi connectivity index (χ4v) is 3.76. The molecule has 0 radical (unpaired) electrons. The van der Waals surface area contributed by atoms with Gasteiger partial charge in [-0.15, -0.1) is 0 Å². The Morgan fingerprint density at radius 3 is 2.36 bits per heavy atom. The van der Waals surface area contributed by atoms with Crippen LogP contribution in [-0.2, 0) is 43.4 Å². The summed E-state index contributed by atoms with van der Waals surface area (Å²) in [5.74, 6) is -1.24. The van der Waals surface area contributed by atoms with Crippen molar-refractivity contribution < 1.29 is 28.7 Å². The molecule has 0 saturated heterocycles. The second-order valence-electron chi connectivity index (χ2n) is 7.98. The van der Waals surface area contributed by atoms with Gasteiger partial charge in [-0.1, -0.05) is 54.6 Å². The molecular weight excluding hydrogens is 424 g/mol. The Bertz CT molecular complexity index is 1010. The van der Waals surface area contributed by atoms with Crippen LogP contribution in [0, 0.1) is 0 Å². The minimum absolute atomic E-state index is 0.0789. The molecule has 2 aromatic rings. The number of benzene rings is 2. The van der Waals surface area contributed by atoms with Crippen LogP contribution in [0.4, 0.5) is 4.79 Å². The molecule has 8 heteroatoms. The molecule has 0 bridgehead atoms. The maximum absolute atomic E-state index is 13.2. The van der Waals surface area contributed by atoms with Crippen molar-refractivity contribution in [3.05, 3.63) is 71.3 Å². The zero-order valence-corrected chi connectivity index (χ0v) is 18.8. The van der Waals surface area contributed by atoms with Crippen molar-refractivity contribution in [1.82, 2.24) is 10.2 Å². The lowest BCUT2D eigenvalue weighted by Gasteiger charge is -2.35. The van der Waals surface area contributed by atoms with Gasteiger partial charge in [0.25, 0.3) is 0 Å². The number of rotatable bonds is 8. The lowest BCUT2D eigenvalue weighted by atomic mass is 9.93. The van der Waals surface area contributed by atoms with E-state index < -0.39 is 30.1 Å². The van der Waals surface area contributed by atoms with Gasteiger partial charge in [-0.3, -0.25) is 9.69 Å². The summed E-state index contributed by atoms with van der Waals surface area (Å²) in [6, 6.07) is 15.0. The molecule has 1 N–H and O–H groups in total. The van der Waals surface area contributed by atoms with Crippen LogP contribution in [0.1, 0.15) is 36.5 Å². The van der Waals surface area contributed by atoms with Gasteiger partial charge in [-0.25, -0.2) is 9.59 Å². The summed E-state index contributed by atoms with van der Waals surface area (Å²) in [5.41, 5.74) is 2.71. The van der Waals surface area contributed by atoms with Crippen molar-refractivity contribution in [2.45, 2.75) is 51.4 Å². The first-order valence-corrected chi connectivity index (χ1v) is 10.8. The minimum atomic E-state index is -0.981. The van der Waals surface area contributed by atoms with E-state index in [4.69, 9.17) is 9.47 Å². The van der Waals surface area contributed by atoms with Gasteiger partial charge in [-0.2, -0.15) is 0 Å². The normalized spacial score (nSPS) is 15.7. The van der Waals surface area contributed by atoms with Gasteiger partial charge in [-0.05, 0) is 30.0 Å². The molecule has 3 rings (SSSR count). The fourth-order valence-electron chi connectivity index (χ4n) is 3.76. The standard InChI is InChI=1S/C25H28N2O6/c1-17(28)12-13-21(24(30)32-2)26-23(29)22-14-19-10-6-7-11-20(19)15-27(22)25(31)33-16-18-8-4-3-5-9-18/h3-11,21-22H,12-16H2,1-2H3,(H,26,29)/t21-,22-/m0/s1. The largest absolute Gasteiger partial charge is 0.467 e. The maximum Gasteiger partial charge on any atom is 0.411 e. The number of ether oxygens (including phenoxy) is 2. The number of hydrogen-bond acceptors (Lipinski definition) is 6. The van der Waals surface area contributed by atoms with Gasteiger partial charge >= 0.3 is 12.1 Å². The van der Waals surface area contributed by atoms with Gasteiger partial charge in [0.2, 0.25) is 5.91 Å². The first-order chi connectivity index (χ1) is 15.9. The zero-order valence-electron chi connectivity index (χ0n) is 18.8. The molecule has 174 valence electrons. The molecular formula is C25H28N2O6. The number of Topliss-reactive ketones (excluding diaryl/α,β-unsaturated/α-hetero) is 1. The van der Waals surface area contributed by atoms with Gasteiger partial charge in [0.1, 0.15) is 24.5 Å². The number of hydrogen-bond donors (Lipinski definition) is 1. The van der Waals surface area contributed by atoms with Crippen LogP contribution in [-0.4, -0.2) is 47.8 Å². The zero-order chi connectivity index (χ0) is 23.8. The van der Waals surface area contributed by atoms with E-state index in [9.17, 15) is 19.2 Å². The summed E-state index contributed by atoms with van der Waals surface area (Å²) in [6.45, 7) is 1.70. The molecule has 1 aliphatic rings. The molecule has 33 heavy (non-hydrogen) atoms. The first kappa shape index (κ1) is 24.0. The van der Waals surface area contributed by atoms with Crippen LogP contribution in [0.2, 0.25) is 0 Å². The van der Waals surface area contributed by atoms with Crippen molar-refractivity contribution in [1.29, 1.82) is 0 Å². The summed E-state index contributed by atoms with van der Waals surface area (Å²) < 4.78 is 10.3. The first-order valence-electron chi connectivity index (χ1n) is 10.8. The SMILES string of the molecule is COC(=O)[C@H](CCC(C)=O)NC(=O)[C@@H]1Cc2ccccc2CN1C(=O)OCc1ccccc1. The number of carbonyl (C=O) groups is 4. The number of esters is 1. The number of ketones is 1. The Balaban J connectivity index is 1.77. The monoisotopic (exact) mass is 452 g/mol. The Kier molecular flexibility index (Phi) is 8.18. The van der Waals surface area contributed by atoms with E-state index >= 15 is 0 Å². The van der Waals surface area contributed by atoms with E-state index in [1.807, 2.05) is 54.6 Å². The second-order valence-corrected chi connectivity index (χ2v) is 7.98. The molecule has 0 spiro atoms. The van der Waals surface area contributed by atoms with Crippen LogP contribution >= 0.6 is 0 Å². The predicted molar refractivity (Wildman–Crippen MR) is 120 cm³/mol. The number of nitrogens with zero attached hydrogens (tertiary/aromatic N) is 1. The summed E-state index contributed by atoms with van der Waals surface area (Å²) in [6.07, 6.45) is -0.0959. The Hall–Kier alpha value is -3.68. The summed E-state index contributed by atoms with van der Waals surface area (Å²) >= 11 is 0.